The van der Waals surface area contributed by atoms with Crippen LogP contribution in [0.5, 0.6) is 0 Å². The molecule has 0 radical (unpaired) electrons. The third kappa shape index (κ3) is 3.29. The van der Waals surface area contributed by atoms with Gasteiger partial charge in [-0.3, -0.25) is 0 Å². The molecule has 0 bridgehead atoms. The van der Waals surface area contributed by atoms with E-state index in [1.54, 1.807) is 33.4 Å². The van der Waals surface area contributed by atoms with E-state index >= 15 is 0 Å². The van der Waals surface area contributed by atoms with Gasteiger partial charge in [-0.05, 0) is 80.2 Å². The summed E-state index contributed by atoms with van der Waals surface area (Å²) in [7, 11) is 0. The van der Waals surface area contributed by atoms with E-state index in [-0.39, 0.29) is 10.8 Å². The number of rotatable bonds is 3. The summed E-state index contributed by atoms with van der Waals surface area (Å²) in [5.74, 6) is 0.403. The van der Waals surface area contributed by atoms with Crippen LogP contribution < -0.4 is 0 Å². The molecule has 0 unspecified atom stereocenters. The highest BCUT2D eigenvalue weighted by Crippen LogP contribution is 2.50. The van der Waals surface area contributed by atoms with Gasteiger partial charge in [0.25, 0.3) is 0 Å². The van der Waals surface area contributed by atoms with Crippen LogP contribution in [-0.2, 0) is 30.1 Å². The van der Waals surface area contributed by atoms with Gasteiger partial charge in [0.2, 0.25) is 0 Å². The summed E-state index contributed by atoms with van der Waals surface area (Å²) < 4.78 is 0. The molecule has 0 heterocycles. The Morgan fingerprint density at radius 1 is 0.833 bits per heavy atom. The molecule has 0 N–H and O–H groups in total. The second kappa shape index (κ2) is 7.26. The van der Waals surface area contributed by atoms with Gasteiger partial charge in [0.05, 0.1) is 0 Å². The van der Waals surface area contributed by atoms with E-state index in [9.17, 15) is 0 Å². The summed E-state index contributed by atoms with van der Waals surface area (Å²) >= 11 is 0. The fourth-order valence-corrected chi connectivity index (χ4v) is 5.71. The molecule has 2 aromatic carbocycles. The molecule has 0 amide bonds. The van der Waals surface area contributed by atoms with E-state index in [2.05, 4.69) is 97.9 Å². The molecule has 0 spiro atoms. The number of hydrogen-bond acceptors (Lipinski definition) is 0. The lowest BCUT2D eigenvalue weighted by Crippen LogP contribution is -2.21. The maximum atomic E-state index is 2.49. The van der Waals surface area contributed by atoms with E-state index < -0.39 is 0 Å². The molecule has 0 atom stereocenters. The lowest BCUT2D eigenvalue weighted by atomic mass is 9.71. The summed E-state index contributed by atoms with van der Waals surface area (Å²) in [6.45, 7) is 18.9. The fourth-order valence-electron chi connectivity index (χ4n) is 5.71. The van der Waals surface area contributed by atoms with Gasteiger partial charge >= 0.3 is 0 Å². The Hall–Kier alpha value is -2.08. The van der Waals surface area contributed by atoms with E-state index in [0.717, 1.165) is 19.3 Å². The second-order valence-corrected chi connectivity index (χ2v) is 11.2. The molecule has 2 aromatic rings. The van der Waals surface area contributed by atoms with Crippen LogP contribution in [0.3, 0.4) is 0 Å². The first-order valence-corrected chi connectivity index (χ1v) is 11.8. The van der Waals surface area contributed by atoms with Gasteiger partial charge in [-0.15, -0.1) is 0 Å². The summed E-state index contributed by atoms with van der Waals surface area (Å²) in [6.07, 6.45) is 12.5. The van der Waals surface area contributed by atoms with Gasteiger partial charge in [0.15, 0.2) is 0 Å². The van der Waals surface area contributed by atoms with Crippen LogP contribution in [0, 0.1) is 0 Å². The van der Waals surface area contributed by atoms with E-state index in [4.69, 9.17) is 0 Å². The average molecular weight is 399 g/mol. The van der Waals surface area contributed by atoms with Gasteiger partial charge in [-0.1, -0.05) is 97.9 Å². The maximum Gasteiger partial charge on any atom is 0.0210 e. The maximum absolute atomic E-state index is 2.49. The van der Waals surface area contributed by atoms with Crippen LogP contribution >= 0.6 is 0 Å². The number of benzene rings is 2. The molecule has 158 valence electrons. The van der Waals surface area contributed by atoms with E-state index in [1.165, 1.54) is 16.7 Å². The van der Waals surface area contributed by atoms with Crippen molar-refractivity contribution in [2.45, 2.75) is 91.4 Å². The first-order valence-electron chi connectivity index (χ1n) is 11.8. The van der Waals surface area contributed by atoms with Crippen LogP contribution in [0.4, 0.5) is 0 Å². The fraction of sp³-hybridized carbons (Fsp3) is 0.467. The zero-order chi connectivity index (χ0) is 21.8. The largest absolute Gasteiger partial charge is 0.0732 e. The predicted molar refractivity (Wildman–Crippen MR) is 132 cm³/mol. The molecule has 0 heteroatoms. The Bertz CT molecular complexity index is 1030. The Morgan fingerprint density at radius 2 is 1.47 bits per heavy atom. The summed E-state index contributed by atoms with van der Waals surface area (Å²) in [5, 5.41) is 0. The zero-order valence-corrected chi connectivity index (χ0v) is 20.2. The third-order valence-electron chi connectivity index (χ3n) is 7.01. The molecule has 0 nitrogen and oxygen atoms in total. The van der Waals surface area contributed by atoms with Crippen LogP contribution in [0.15, 0.2) is 42.5 Å². The quantitative estimate of drug-likeness (QED) is 0.417. The van der Waals surface area contributed by atoms with Crippen molar-refractivity contribution in [1.82, 2.24) is 0 Å². The minimum Gasteiger partial charge on any atom is -0.0732 e. The summed E-state index contributed by atoms with van der Waals surface area (Å²) in [4.78, 5) is 0. The van der Waals surface area contributed by atoms with Crippen molar-refractivity contribution in [2.75, 3.05) is 0 Å². The minimum absolute atomic E-state index is 0.134. The summed E-state index contributed by atoms with van der Waals surface area (Å²) in [6, 6.07) is 7.27. The summed E-state index contributed by atoms with van der Waals surface area (Å²) in [5.41, 5.74) is 14.3. The lowest BCUT2D eigenvalue weighted by molar-refractivity contribution is 0.572. The van der Waals surface area contributed by atoms with Gasteiger partial charge in [-0.25, -0.2) is 0 Å². The molecule has 4 rings (SSSR count). The van der Waals surface area contributed by atoms with E-state index in [1.807, 2.05) is 0 Å². The molecular formula is C30H38. The van der Waals surface area contributed by atoms with Crippen molar-refractivity contribution in [3.63, 3.8) is 0 Å². The van der Waals surface area contributed by atoms with Crippen molar-refractivity contribution in [1.29, 1.82) is 0 Å². The van der Waals surface area contributed by atoms with Crippen LogP contribution in [-0.4, -0.2) is 0 Å². The lowest BCUT2D eigenvalue weighted by Gasteiger charge is -2.33. The highest BCUT2D eigenvalue weighted by Gasteiger charge is 2.35. The first kappa shape index (κ1) is 21.2. The number of fused-ring (bicyclic) bond motifs is 3. The zero-order valence-electron chi connectivity index (χ0n) is 20.2. The predicted octanol–water partition coefficient (Wildman–Crippen LogP) is 8.19. The SMILES string of the molecule is CCc1c(CC)c(C(C)(C)C)c(C2C=CC=C2)c2c1-c1ccc(C(C)(C)C)cc1C2. The molecule has 0 fully saturated rings. The van der Waals surface area contributed by atoms with E-state index in [0.29, 0.717) is 5.92 Å². The Morgan fingerprint density at radius 3 is 2.00 bits per heavy atom. The normalized spacial score (nSPS) is 15.7. The molecule has 2 aliphatic rings. The molecule has 30 heavy (non-hydrogen) atoms. The first-order chi connectivity index (χ1) is 14.1. The average Bonchev–Trinajstić information content (AvgIpc) is 3.31. The van der Waals surface area contributed by atoms with Crippen LogP contribution in [0.2, 0.25) is 0 Å². The van der Waals surface area contributed by atoms with Crippen molar-refractivity contribution in [2.24, 2.45) is 0 Å². The van der Waals surface area contributed by atoms with Gasteiger partial charge in [0.1, 0.15) is 0 Å². The Balaban J connectivity index is 2.07. The van der Waals surface area contributed by atoms with Gasteiger partial charge < -0.3 is 0 Å². The third-order valence-corrected chi connectivity index (χ3v) is 7.01. The minimum atomic E-state index is 0.134. The highest BCUT2D eigenvalue weighted by atomic mass is 14.4. The van der Waals surface area contributed by atoms with Gasteiger partial charge in [0, 0.05) is 5.92 Å². The van der Waals surface area contributed by atoms with Crippen molar-refractivity contribution in [3.05, 3.63) is 81.4 Å². The standard InChI is InChI=1S/C30H38/c1-9-22-23(10-2)28(30(6,7)8)26(19-13-11-12-14-19)25-18-20-17-21(29(3,4)5)15-16-24(20)27(22)25/h11-17,19H,9-10,18H2,1-8H3. The van der Waals surface area contributed by atoms with Gasteiger partial charge in [-0.2, -0.15) is 0 Å². The number of hydrogen-bond donors (Lipinski definition) is 0. The molecule has 0 aliphatic heterocycles. The number of allylic oxidation sites excluding steroid dienone is 4. The van der Waals surface area contributed by atoms with Crippen molar-refractivity contribution < 1.29 is 0 Å². The molecule has 0 saturated heterocycles. The highest BCUT2D eigenvalue weighted by molar-refractivity contribution is 5.84. The molecule has 0 saturated carbocycles. The van der Waals surface area contributed by atoms with Crippen molar-refractivity contribution >= 4 is 0 Å². The van der Waals surface area contributed by atoms with Crippen LogP contribution in [0.25, 0.3) is 11.1 Å². The molecule has 0 aromatic heterocycles. The topological polar surface area (TPSA) is 0 Å². The Labute approximate surface area is 184 Å². The van der Waals surface area contributed by atoms with Crippen molar-refractivity contribution in [3.8, 4) is 11.1 Å². The smallest absolute Gasteiger partial charge is 0.0210 e. The van der Waals surface area contributed by atoms with Crippen LogP contribution in [0.1, 0.15) is 100 Å². The molecular weight excluding hydrogens is 360 g/mol. The monoisotopic (exact) mass is 398 g/mol. The second-order valence-electron chi connectivity index (χ2n) is 11.2. The Kier molecular flexibility index (Phi) is 5.12. The molecule has 2 aliphatic carbocycles.